The second-order valence-electron chi connectivity index (χ2n) is 4.79. The van der Waals surface area contributed by atoms with Crippen LogP contribution in [0.4, 0.5) is 5.69 Å². The van der Waals surface area contributed by atoms with Gasteiger partial charge in [0.25, 0.3) is 0 Å². The summed E-state index contributed by atoms with van der Waals surface area (Å²) < 4.78 is 27.5. The maximum absolute atomic E-state index is 12.1. The second kappa shape index (κ2) is 5.78. The molecule has 7 heteroatoms. The topological polar surface area (TPSA) is 92.4 Å². The number of aliphatic hydroxyl groups is 1. The Morgan fingerprint density at radius 3 is 2.74 bits per heavy atom. The minimum atomic E-state index is -3.63. The molecule has 2 unspecified atom stereocenters. The molecule has 1 fully saturated rings. The van der Waals surface area contributed by atoms with Crippen LogP contribution in [-0.2, 0) is 10.0 Å². The zero-order valence-electron chi connectivity index (χ0n) is 10.3. The number of benzene rings is 1. The van der Waals surface area contributed by atoms with Gasteiger partial charge in [-0.25, -0.2) is 13.1 Å². The van der Waals surface area contributed by atoms with Crippen LogP contribution in [0.5, 0.6) is 0 Å². The van der Waals surface area contributed by atoms with Gasteiger partial charge in [-0.2, -0.15) is 0 Å². The number of anilines is 1. The third-order valence-electron chi connectivity index (χ3n) is 3.42. The number of halogens is 1. The number of hydrogen-bond acceptors (Lipinski definition) is 4. The molecule has 0 aliphatic heterocycles. The Kier molecular flexibility index (Phi) is 4.50. The van der Waals surface area contributed by atoms with E-state index in [9.17, 15) is 13.5 Å². The van der Waals surface area contributed by atoms with Gasteiger partial charge in [0.05, 0.1) is 11.8 Å². The fourth-order valence-electron chi connectivity index (χ4n) is 2.31. The van der Waals surface area contributed by atoms with Crippen molar-refractivity contribution in [3.63, 3.8) is 0 Å². The average molecular weight is 349 g/mol. The van der Waals surface area contributed by atoms with Crippen molar-refractivity contribution < 1.29 is 13.5 Å². The summed E-state index contributed by atoms with van der Waals surface area (Å²) in [6.07, 6.45) is 2.12. The molecule has 2 atom stereocenters. The molecule has 0 radical (unpaired) electrons. The van der Waals surface area contributed by atoms with Crippen molar-refractivity contribution in [2.24, 2.45) is 5.92 Å². The van der Waals surface area contributed by atoms with Crippen molar-refractivity contribution in [1.29, 1.82) is 0 Å². The van der Waals surface area contributed by atoms with Gasteiger partial charge in [0.15, 0.2) is 0 Å². The van der Waals surface area contributed by atoms with Crippen molar-refractivity contribution in [3.8, 4) is 0 Å². The predicted octanol–water partition coefficient (Wildman–Crippen LogP) is 1.47. The van der Waals surface area contributed by atoms with Crippen LogP contribution in [-0.4, -0.2) is 26.2 Å². The fourth-order valence-corrected chi connectivity index (χ4v) is 3.90. The quantitative estimate of drug-likeness (QED) is 0.718. The summed E-state index contributed by atoms with van der Waals surface area (Å²) in [5.41, 5.74) is 5.92. The lowest BCUT2D eigenvalue weighted by atomic mass is 10.1. The molecule has 1 aromatic carbocycles. The lowest BCUT2D eigenvalue weighted by Crippen LogP contribution is -2.32. The van der Waals surface area contributed by atoms with Gasteiger partial charge >= 0.3 is 0 Å². The monoisotopic (exact) mass is 348 g/mol. The molecule has 0 bridgehead atoms. The molecule has 1 aliphatic carbocycles. The fraction of sp³-hybridized carbons (Fsp3) is 0.500. The normalized spacial score (nSPS) is 23.7. The highest BCUT2D eigenvalue weighted by atomic mass is 79.9. The molecule has 2 rings (SSSR count). The first kappa shape index (κ1) is 14.8. The number of nitrogen functional groups attached to an aromatic ring is 1. The van der Waals surface area contributed by atoms with E-state index in [4.69, 9.17) is 5.73 Å². The summed E-state index contributed by atoms with van der Waals surface area (Å²) in [6, 6.07) is 4.65. The highest BCUT2D eigenvalue weighted by Crippen LogP contribution is 2.26. The summed E-state index contributed by atoms with van der Waals surface area (Å²) in [6.45, 7) is 0.249. The standard InChI is InChI=1S/C12H17BrN2O3S/c13-9-4-5-12(10(14)6-9)19(17,18)15-7-8-2-1-3-11(8)16/h4-6,8,11,15-16H,1-3,7,14H2. The van der Waals surface area contributed by atoms with Gasteiger partial charge in [-0.3, -0.25) is 0 Å². The van der Waals surface area contributed by atoms with E-state index in [1.165, 1.54) is 6.07 Å². The number of rotatable bonds is 4. The van der Waals surface area contributed by atoms with Gasteiger partial charge in [0.2, 0.25) is 10.0 Å². The maximum atomic E-state index is 12.1. The highest BCUT2D eigenvalue weighted by Gasteiger charge is 2.27. The minimum absolute atomic E-state index is 0.00792. The molecule has 4 N–H and O–H groups in total. The summed E-state index contributed by atoms with van der Waals surface area (Å²) in [7, 11) is -3.63. The van der Waals surface area contributed by atoms with E-state index in [1.807, 2.05) is 0 Å². The molecule has 0 amide bonds. The van der Waals surface area contributed by atoms with Crippen LogP contribution in [0.25, 0.3) is 0 Å². The summed E-state index contributed by atoms with van der Waals surface area (Å²) in [5.74, 6) is -0.00792. The zero-order valence-corrected chi connectivity index (χ0v) is 12.7. The second-order valence-corrected chi connectivity index (χ2v) is 7.44. The van der Waals surface area contributed by atoms with Crippen LogP contribution in [0.1, 0.15) is 19.3 Å². The zero-order chi connectivity index (χ0) is 14.0. The maximum Gasteiger partial charge on any atom is 0.242 e. The minimum Gasteiger partial charge on any atom is -0.398 e. The Hall–Kier alpha value is -0.630. The number of sulfonamides is 1. The van der Waals surface area contributed by atoms with Crippen LogP contribution >= 0.6 is 15.9 Å². The van der Waals surface area contributed by atoms with Gasteiger partial charge in [-0.1, -0.05) is 22.4 Å². The van der Waals surface area contributed by atoms with Gasteiger partial charge in [0, 0.05) is 11.0 Å². The van der Waals surface area contributed by atoms with Crippen LogP contribution in [0.15, 0.2) is 27.6 Å². The third kappa shape index (κ3) is 3.47. The largest absolute Gasteiger partial charge is 0.398 e. The number of nitrogens with one attached hydrogen (secondary N) is 1. The number of hydrogen-bond donors (Lipinski definition) is 3. The van der Waals surface area contributed by atoms with E-state index in [0.29, 0.717) is 0 Å². The Balaban J connectivity index is 2.09. The van der Waals surface area contributed by atoms with Gasteiger partial charge in [-0.15, -0.1) is 0 Å². The smallest absolute Gasteiger partial charge is 0.242 e. The molecule has 1 saturated carbocycles. The van der Waals surface area contributed by atoms with Gasteiger partial charge in [0.1, 0.15) is 4.90 Å². The number of aliphatic hydroxyl groups excluding tert-OH is 1. The molecule has 0 saturated heterocycles. The van der Waals surface area contributed by atoms with Gasteiger partial charge < -0.3 is 10.8 Å². The van der Waals surface area contributed by atoms with E-state index < -0.39 is 16.1 Å². The Bertz CT molecular complexity index is 562. The number of nitrogens with two attached hydrogens (primary N) is 1. The average Bonchev–Trinajstić information content (AvgIpc) is 2.72. The Morgan fingerprint density at radius 2 is 2.16 bits per heavy atom. The first-order valence-corrected chi connectivity index (χ1v) is 8.40. The highest BCUT2D eigenvalue weighted by molar-refractivity contribution is 9.10. The predicted molar refractivity (Wildman–Crippen MR) is 77.1 cm³/mol. The molecular formula is C12H17BrN2O3S. The van der Waals surface area contributed by atoms with Crippen molar-refractivity contribution in [1.82, 2.24) is 4.72 Å². The molecule has 0 spiro atoms. The summed E-state index contributed by atoms with van der Waals surface area (Å²) in [5, 5.41) is 9.68. The van der Waals surface area contributed by atoms with Crippen molar-refractivity contribution in [2.45, 2.75) is 30.3 Å². The Labute approximate surface area is 121 Å². The first-order valence-electron chi connectivity index (χ1n) is 6.13. The van der Waals surface area contributed by atoms with Crippen LogP contribution < -0.4 is 10.5 Å². The molecule has 5 nitrogen and oxygen atoms in total. The molecule has 1 aliphatic rings. The van der Waals surface area contributed by atoms with E-state index in [0.717, 1.165) is 23.7 Å². The van der Waals surface area contributed by atoms with Crippen LogP contribution in [0.3, 0.4) is 0 Å². The lowest BCUT2D eigenvalue weighted by Gasteiger charge is -2.16. The molecular weight excluding hydrogens is 332 g/mol. The molecule has 106 valence electrons. The summed E-state index contributed by atoms with van der Waals surface area (Å²) in [4.78, 5) is 0.0724. The van der Waals surface area contributed by atoms with Crippen molar-refractivity contribution in [3.05, 3.63) is 22.7 Å². The summed E-state index contributed by atoms with van der Waals surface area (Å²) >= 11 is 3.24. The molecule has 1 aromatic rings. The molecule has 0 heterocycles. The van der Waals surface area contributed by atoms with Crippen molar-refractivity contribution in [2.75, 3.05) is 12.3 Å². The Morgan fingerprint density at radius 1 is 1.42 bits per heavy atom. The van der Waals surface area contributed by atoms with Crippen LogP contribution in [0, 0.1) is 5.92 Å². The van der Waals surface area contributed by atoms with E-state index >= 15 is 0 Å². The molecule has 0 aromatic heterocycles. The third-order valence-corrected chi connectivity index (χ3v) is 5.41. The first-order chi connectivity index (χ1) is 8.90. The van der Waals surface area contributed by atoms with E-state index in [2.05, 4.69) is 20.7 Å². The van der Waals surface area contributed by atoms with Crippen LogP contribution in [0.2, 0.25) is 0 Å². The van der Waals surface area contributed by atoms with Gasteiger partial charge in [-0.05, 0) is 37.0 Å². The van der Waals surface area contributed by atoms with E-state index in [1.54, 1.807) is 12.1 Å². The van der Waals surface area contributed by atoms with Crippen molar-refractivity contribution >= 4 is 31.6 Å². The molecule has 19 heavy (non-hydrogen) atoms. The lowest BCUT2D eigenvalue weighted by molar-refractivity contribution is 0.134. The van der Waals surface area contributed by atoms with E-state index in [-0.39, 0.29) is 23.0 Å². The SMILES string of the molecule is Nc1cc(Br)ccc1S(=O)(=O)NCC1CCCC1O.